The zero-order valence-electron chi connectivity index (χ0n) is 11.8. The predicted molar refractivity (Wildman–Crippen MR) is 76.9 cm³/mol. The molecule has 2 N–H and O–H groups in total. The van der Waals surface area contributed by atoms with Crippen LogP contribution in [0.1, 0.15) is 17.8 Å². The van der Waals surface area contributed by atoms with Crippen LogP contribution in [0.25, 0.3) is 0 Å². The number of aromatic nitrogens is 4. The van der Waals surface area contributed by atoms with Crippen LogP contribution in [-0.2, 0) is 24.4 Å². The number of amides is 1. The lowest BCUT2D eigenvalue weighted by Gasteiger charge is -2.08. The van der Waals surface area contributed by atoms with Crippen molar-refractivity contribution in [3.8, 4) is 0 Å². The Kier molecular flexibility index (Phi) is 5.15. The van der Waals surface area contributed by atoms with E-state index in [2.05, 4.69) is 15.2 Å². The molecule has 0 radical (unpaired) electrons. The third kappa shape index (κ3) is 4.35. The van der Waals surface area contributed by atoms with E-state index in [4.69, 9.17) is 17.3 Å². The number of hydrogen-bond donors (Lipinski definition) is 1. The Morgan fingerprint density at radius 3 is 2.70 bits per heavy atom. The molecule has 0 fully saturated rings. The lowest BCUT2D eigenvalue weighted by molar-refractivity contribution is -0.137. The number of aryl methyl sites for hydroxylation is 1. The van der Waals surface area contributed by atoms with Gasteiger partial charge in [0.1, 0.15) is 10.9 Å². The maximum absolute atomic E-state index is 12.6. The van der Waals surface area contributed by atoms with Gasteiger partial charge in [0.2, 0.25) is 5.91 Å². The minimum Gasteiger partial charge on any atom is -0.370 e. The number of carbonyl (C=O) groups excluding carboxylic acids is 1. The first-order chi connectivity index (χ1) is 10.7. The van der Waals surface area contributed by atoms with Crippen molar-refractivity contribution in [3.63, 3.8) is 0 Å². The van der Waals surface area contributed by atoms with E-state index in [1.54, 1.807) is 11.6 Å². The number of nitrogens with two attached hydrogens (primary N) is 1. The molecule has 2 aromatic heterocycles. The third-order valence-electron chi connectivity index (χ3n) is 2.84. The van der Waals surface area contributed by atoms with Gasteiger partial charge in [-0.2, -0.15) is 13.2 Å². The molecule has 0 atom stereocenters. The van der Waals surface area contributed by atoms with Gasteiger partial charge in [0, 0.05) is 26.1 Å². The molecule has 2 aromatic rings. The number of primary amides is 1. The molecule has 6 nitrogen and oxygen atoms in total. The van der Waals surface area contributed by atoms with Gasteiger partial charge < -0.3 is 10.3 Å². The van der Waals surface area contributed by atoms with Gasteiger partial charge >= 0.3 is 6.18 Å². The van der Waals surface area contributed by atoms with Crippen molar-refractivity contribution >= 4 is 29.3 Å². The van der Waals surface area contributed by atoms with Crippen LogP contribution in [0.5, 0.6) is 0 Å². The number of nitrogens with zero attached hydrogens (tertiary/aromatic N) is 4. The van der Waals surface area contributed by atoms with Gasteiger partial charge in [-0.25, -0.2) is 4.98 Å². The SMILES string of the molecule is Cn1c(CCC(N)=O)nnc1Sc1ncc(C(F)(F)F)cc1Cl. The number of rotatable bonds is 5. The molecule has 0 spiro atoms. The largest absolute Gasteiger partial charge is 0.417 e. The Hall–Kier alpha value is -1.81. The van der Waals surface area contributed by atoms with Gasteiger partial charge in [0.25, 0.3) is 0 Å². The summed E-state index contributed by atoms with van der Waals surface area (Å²) >= 11 is 6.82. The lowest BCUT2D eigenvalue weighted by Crippen LogP contribution is -2.12. The Morgan fingerprint density at radius 1 is 1.43 bits per heavy atom. The van der Waals surface area contributed by atoms with Crippen LogP contribution in [0.2, 0.25) is 5.02 Å². The maximum atomic E-state index is 12.6. The fourth-order valence-corrected chi connectivity index (χ4v) is 2.67. The molecule has 0 aromatic carbocycles. The van der Waals surface area contributed by atoms with Crippen molar-refractivity contribution in [1.82, 2.24) is 19.7 Å². The molecule has 2 rings (SSSR count). The molecule has 0 aliphatic heterocycles. The third-order valence-corrected chi connectivity index (χ3v) is 4.30. The highest BCUT2D eigenvalue weighted by Crippen LogP contribution is 2.35. The molecular formula is C12H11ClF3N5OS. The summed E-state index contributed by atoms with van der Waals surface area (Å²) in [6.45, 7) is 0. The molecule has 11 heteroatoms. The van der Waals surface area contributed by atoms with Crippen molar-refractivity contribution < 1.29 is 18.0 Å². The van der Waals surface area contributed by atoms with Gasteiger partial charge in [-0.05, 0) is 17.8 Å². The lowest BCUT2D eigenvalue weighted by atomic mass is 10.3. The first kappa shape index (κ1) is 17.5. The molecule has 0 saturated heterocycles. The molecule has 0 saturated carbocycles. The number of hydrogen-bond acceptors (Lipinski definition) is 5. The molecule has 0 bridgehead atoms. The summed E-state index contributed by atoms with van der Waals surface area (Å²) < 4.78 is 39.3. The van der Waals surface area contributed by atoms with E-state index in [0.29, 0.717) is 23.6 Å². The van der Waals surface area contributed by atoms with Crippen LogP contribution in [0.4, 0.5) is 13.2 Å². The highest BCUT2D eigenvalue weighted by atomic mass is 35.5. The Morgan fingerprint density at radius 2 is 2.13 bits per heavy atom. The zero-order chi connectivity index (χ0) is 17.2. The number of halogens is 4. The van der Waals surface area contributed by atoms with Crippen molar-refractivity contribution in [2.45, 2.75) is 29.2 Å². The first-order valence-electron chi connectivity index (χ1n) is 6.25. The van der Waals surface area contributed by atoms with E-state index < -0.39 is 17.6 Å². The molecule has 0 aliphatic carbocycles. The van der Waals surface area contributed by atoms with Gasteiger partial charge in [0.15, 0.2) is 5.16 Å². The van der Waals surface area contributed by atoms with Gasteiger partial charge in [-0.15, -0.1) is 10.2 Å². The summed E-state index contributed by atoms with van der Waals surface area (Å²) in [5.41, 5.74) is 4.14. The standard InChI is InChI=1S/C12H11ClF3N5OS/c1-21-9(3-2-8(17)22)19-20-11(21)23-10-7(13)4-6(5-18-10)12(14,15)16/h4-5H,2-3H2,1H3,(H2,17,22). The highest BCUT2D eigenvalue weighted by Gasteiger charge is 2.31. The summed E-state index contributed by atoms with van der Waals surface area (Å²) in [5.74, 6) is 0.0592. The summed E-state index contributed by atoms with van der Waals surface area (Å²) in [5, 5.41) is 8.24. The normalized spacial score (nSPS) is 11.7. The zero-order valence-corrected chi connectivity index (χ0v) is 13.3. The highest BCUT2D eigenvalue weighted by molar-refractivity contribution is 7.99. The predicted octanol–water partition coefficient (Wildman–Crippen LogP) is 2.45. The Balaban J connectivity index is 2.18. The fourth-order valence-electron chi connectivity index (χ4n) is 1.63. The summed E-state index contributed by atoms with van der Waals surface area (Å²) in [4.78, 5) is 14.5. The van der Waals surface area contributed by atoms with E-state index >= 15 is 0 Å². The minimum atomic E-state index is -4.51. The van der Waals surface area contributed by atoms with Gasteiger partial charge in [-0.1, -0.05) is 11.6 Å². The van der Waals surface area contributed by atoms with E-state index in [-0.39, 0.29) is 16.5 Å². The summed E-state index contributed by atoms with van der Waals surface area (Å²) in [7, 11) is 1.66. The molecular weight excluding hydrogens is 355 g/mol. The van der Waals surface area contributed by atoms with Crippen LogP contribution in [-0.4, -0.2) is 25.7 Å². The summed E-state index contributed by atoms with van der Waals surface area (Å²) in [6, 6.07) is 0.807. The van der Waals surface area contributed by atoms with E-state index in [1.807, 2.05) is 0 Å². The molecule has 124 valence electrons. The molecule has 1 amide bonds. The van der Waals surface area contributed by atoms with Crippen LogP contribution < -0.4 is 5.73 Å². The van der Waals surface area contributed by atoms with Crippen molar-refractivity contribution in [3.05, 3.63) is 28.7 Å². The second-order valence-corrected chi connectivity index (χ2v) is 5.90. The van der Waals surface area contributed by atoms with Crippen LogP contribution in [0, 0.1) is 0 Å². The average molecular weight is 366 g/mol. The maximum Gasteiger partial charge on any atom is 0.417 e. The molecule has 0 unspecified atom stereocenters. The minimum absolute atomic E-state index is 0.121. The number of alkyl halides is 3. The average Bonchev–Trinajstić information content (AvgIpc) is 2.78. The molecule has 23 heavy (non-hydrogen) atoms. The van der Waals surface area contributed by atoms with E-state index in [1.165, 1.54) is 0 Å². The van der Waals surface area contributed by atoms with Crippen molar-refractivity contribution in [2.24, 2.45) is 12.8 Å². The smallest absolute Gasteiger partial charge is 0.370 e. The molecule has 2 heterocycles. The van der Waals surface area contributed by atoms with Crippen LogP contribution >= 0.6 is 23.4 Å². The topological polar surface area (TPSA) is 86.7 Å². The second-order valence-electron chi connectivity index (χ2n) is 4.53. The molecule has 0 aliphatic rings. The second kappa shape index (κ2) is 6.75. The van der Waals surface area contributed by atoms with Crippen molar-refractivity contribution in [2.75, 3.05) is 0 Å². The Bertz CT molecular complexity index is 734. The number of pyridine rings is 1. The fraction of sp³-hybridized carbons (Fsp3) is 0.333. The summed E-state index contributed by atoms with van der Waals surface area (Å²) in [6.07, 6.45) is -3.37. The van der Waals surface area contributed by atoms with Crippen LogP contribution in [0.15, 0.2) is 22.4 Å². The quantitative estimate of drug-likeness (QED) is 0.879. The first-order valence-corrected chi connectivity index (χ1v) is 7.45. The van der Waals surface area contributed by atoms with Crippen LogP contribution in [0.3, 0.4) is 0 Å². The monoisotopic (exact) mass is 365 g/mol. The number of carbonyl (C=O) groups is 1. The van der Waals surface area contributed by atoms with Gasteiger partial charge in [-0.3, -0.25) is 4.79 Å². The van der Waals surface area contributed by atoms with E-state index in [0.717, 1.165) is 17.8 Å². The van der Waals surface area contributed by atoms with Crippen molar-refractivity contribution in [1.29, 1.82) is 0 Å². The van der Waals surface area contributed by atoms with Gasteiger partial charge in [0.05, 0.1) is 10.6 Å². The van der Waals surface area contributed by atoms with E-state index in [9.17, 15) is 18.0 Å². The Labute approximate surface area is 138 Å².